The molecule has 0 radical (unpaired) electrons. The van der Waals surface area contributed by atoms with Crippen LogP contribution in [0.25, 0.3) is 0 Å². The van der Waals surface area contributed by atoms with E-state index in [0.29, 0.717) is 11.4 Å². The second-order valence-electron chi connectivity index (χ2n) is 4.38. The molecule has 0 aliphatic heterocycles. The van der Waals surface area contributed by atoms with Gasteiger partial charge in [0.1, 0.15) is 0 Å². The number of nitrogens with zero attached hydrogens (tertiary/aromatic N) is 4. The lowest BCUT2D eigenvalue weighted by Crippen LogP contribution is -2.10. The Morgan fingerprint density at radius 2 is 2.10 bits per heavy atom. The first-order valence-corrected chi connectivity index (χ1v) is 5.95. The quantitative estimate of drug-likeness (QED) is 0.680. The standard InChI is InChI=1S/C13H13N5O2/c1-9(11-5-3-10(7-14)4-6-11)16-13-12(18(19)20)15-8-17(13)2/h3-6,8-9,16H,1-2H3. The predicted molar refractivity (Wildman–Crippen MR) is 73.1 cm³/mol. The number of hydrogen-bond donors (Lipinski definition) is 1. The van der Waals surface area contributed by atoms with E-state index in [-0.39, 0.29) is 11.9 Å². The Bertz CT molecular complexity index is 669. The van der Waals surface area contributed by atoms with Crippen molar-refractivity contribution in [1.29, 1.82) is 5.26 Å². The smallest absolute Gasteiger partial charge is 0.358 e. The molecule has 0 amide bonds. The first-order valence-electron chi connectivity index (χ1n) is 5.95. The minimum absolute atomic E-state index is 0.142. The van der Waals surface area contributed by atoms with Gasteiger partial charge in [0, 0.05) is 7.05 Å². The van der Waals surface area contributed by atoms with Gasteiger partial charge in [-0.25, -0.2) is 0 Å². The summed E-state index contributed by atoms with van der Waals surface area (Å²) in [6.07, 6.45) is 1.39. The van der Waals surface area contributed by atoms with E-state index in [1.54, 1.807) is 23.7 Å². The van der Waals surface area contributed by atoms with E-state index in [4.69, 9.17) is 5.26 Å². The Hall–Kier alpha value is -2.88. The molecule has 7 heteroatoms. The largest absolute Gasteiger partial charge is 0.406 e. The maximum absolute atomic E-state index is 10.9. The van der Waals surface area contributed by atoms with Gasteiger partial charge >= 0.3 is 5.82 Å². The molecule has 1 aromatic heterocycles. The number of rotatable bonds is 4. The average Bonchev–Trinajstić information content (AvgIpc) is 2.80. The Morgan fingerprint density at radius 3 is 2.65 bits per heavy atom. The summed E-state index contributed by atoms with van der Waals surface area (Å²) in [5, 5.41) is 22.7. The van der Waals surface area contributed by atoms with Crippen LogP contribution in [0, 0.1) is 21.4 Å². The fourth-order valence-corrected chi connectivity index (χ4v) is 1.85. The number of imidazole rings is 1. The number of nitro groups is 1. The summed E-state index contributed by atoms with van der Waals surface area (Å²) < 4.78 is 1.57. The van der Waals surface area contributed by atoms with Crippen molar-refractivity contribution in [3.63, 3.8) is 0 Å². The van der Waals surface area contributed by atoms with Crippen molar-refractivity contribution in [3.05, 3.63) is 51.8 Å². The zero-order valence-electron chi connectivity index (χ0n) is 11.1. The van der Waals surface area contributed by atoms with E-state index >= 15 is 0 Å². The lowest BCUT2D eigenvalue weighted by molar-refractivity contribution is -0.388. The highest BCUT2D eigenvalue weighted by Crippen LogP contribution is 2.26. The molecular weight excluding hydrogens is 258 g/mol. The van der Waals surface area contributed by atoms with Crippen LogP contribution < -0.4 is 5.32 Å². The first-order chi connectivity index (χ1) is 9.52. The van der Waals surface area contributed by atoms with E-state index in [0.717, 1.165) is 5.56 Å². The van der Waals surface area contributed by atoms with Gasteiger partial charge in [0.05, 0.1) is 17.7 Å². The van der Waals surface area contributed by atoms with Crippen LogP contribution in [-0.2, 0) is 7.05 Å². The van der Waals surface area contributed by atoms with Crippen molar-refractivity contribution < 1.29 is 4.92 Å². The van der Waals surface area contributed by atoms with E-state index in [2.05, 4.69) is 10.3 Å². The fourth-order valence-electron chi connectivity index (χ4n) is 1.85. The molecule has 0 aliphatic carbocycles. The van der Waals surface area contributed by atoms with Crippen molar-refractivity contribution in [1.82, 2.24) is 9.55 Å². The summed E-state index contributed by atoms with van der Waals surface area (Å²) >= 11 is 0. The minimum Gasteiger partial charge on any atom is -0.358 e. The highest BCUT2D eigenvalue weighted by molar-refractivity contribution is 5.53. The fraction of sp³-hybridized carbons (Fsp3) is 0.231. The molecule has 1 heterocycles. The lowest BCUT2D eigenvalue weighted by atomic mass is 10.1. The van der Waals surface area contributed by atoms with Crippen LogP contribution in [-0.4, -0.2) is 14.5 Å². The third-order valence-electron chi connectivity index (χ3n) is 2.98. The Balaban J connectivity index is 2.23. The van der Waals surface area contributed by atoms with E-state index in [1.807, 2.05) is 25.1 Å². The number of nitrogens with one attached hydrogen (secondary N) is 1. The third kappa shape index (κ3) is 2.59. The molecule has 0 bridgehead atoms. The van der Waals surface area contributed by atoms with Gasteiger partial charge in [-0.1, -0.05) is 12.1 Å². The van der Waals surface area contributed by atoms with Crippen LogP contribution >= 0.6 is 0 Å². The van der Waals surface area contributed by atoms with Crippen LogP contribution in [0.5, 0.6) is 0 Å². The molecule has 102 valence electrons. The molecule has 1 atom stereocenters. The molecule has 0 saturated heterocycles. The summed E-state index contributed by atoms with van der Waals surface area (Å²) in [7, 11) is 1.69. The maximum Gasteiger partial charge on any atom is 0.406 e. The second kappa shape index (κ2) is 5.40. The zero-order chi connectivity index (χ0) is 14.7. The molecule has 2 rings (SSSR count). The van der Waals surface area contributed by atoms with Gasteiger partial charge in [0.25, 0.3) is 0 Å². The first kappa shape index (κ1) is 13.5. The van der Waals surface area contributed by atoms with Gasteiger partial charge in [0.2, 0.25) is 12.1 Å². The Morgan fingerprint density at radius 1 is 1.45 bits per heavy atom. The maximum atomic E-state index is 10.9. The second-order valence-corrected chi connectivity index (χ2v) is 4.38. The Kier molecular flexibility index (Phi) is 3.66. The van der Waals surface area contributed by atoms with Crippen molar-refractivity contribution >= 4 is 11.6 Å². The van der Waals surface area contributed by atoms with Gasteiger partial charge in [0.15, 0.2) is 0 Å². The normalized spacial score (nSPS) is 11.7. The zero-order valence-corrected chi connectivity index (χ0v) is 11.1. The Labute approximate surface area is 115 Å². The van der Waals surface area contributed by atoms with Crippen molar-refractivity contribution in [3.8, 4) is 6.07 Å². The number of benzene rings is 1. The SMILES string of the molecule is CC(Nc1c([N+](=O)[O-])ncn1C)c1ccc(C#N)cc1. The van der Waals surface area contributed by atoms with Crippen molar-refractivity contribution in [2.45, 2.75) is 13.0 Å². The molecular formula is C13H13N5O2. The van der Waals surface area contributed by atoms with Gasteiger partial charge in [-0.3, -0.25) is 4.57 Å². The van der Waals surface area contributed by atoms with E-state index in [1.165, 1.54) is 6.33 Å². The molecule has 1 aromatic carbocycles. The molecule has 20 heavy (non-hydrogen) atoms. The van der Waals surface area contributed by atoms with Gasteiger partial charge in [-0.2, -0.15) is 5.26 Å². The van der Waals surface area contributed by atoms with Crippen LogP contribution in [0.15, 0.2) is 30.6 Å². The number of anilines is 1. The highest BCUT2D eigenvalue weighted by atomic mass is 16.6. The van der Waals surface area contributed by atoms with Gasteiger partial charge < -0.3 is 15.4 Å². The van der Waals surface area contributed by atoms with E-state index < -0.39 is 4.92 Å². The van der Waals surface area contributed by atoms with Crippen LogP contribution in [0.4, 0.5) is 11.6 Å². The number of aromatic nitrogens is 2. The monoisotopic (exact) mass is 271 g/mol. The number of nitriles is 1. The summed E-state index contributed by atoms with van der Waals surface area (Å²) in [5.74, 6) is 0.153. The molecule has 2 aromatic rings. The molecule has 7 nitrogen and oxygen atoms in total. The average molecular weight is 271 g/mol. The molecule has 0 spiro atoms. The minimum atomic E-state index is -0.520. The van der Waals surface area contributed by atoms with Crippen LogP contribution in [0.2, 0.25) is 0 Å². The van der Waals surface area contributed by atoms with Crippen LogP contribution in [0.3, 0.4) is 0 Å². The molecule has 0 aliphatic rings. The number of hydrogen-bond acceptors (Lipinski definition) is 5. The predicted octanol–water partition coefficient (Wildman–Crippen LogP) is 2.37. The van der Waals surface area contributed by atoms with Gasteiger partial charge in [-0.05, 0) is 34.5 Å². The highest BCUT2D eigenvalue weighted by Gasteiger charge is 2.21. The molecule has 1 N–H and O–H groups in total. The van der Waals surface area contributed by atoms with Gasteiger partial charge in [-0.15, -0.1) is 0 Å². The lowest BCUT2D eigenvalue weighted by Gasteiger charge is -2.15. The summed E-state index contributed by atoms with van der Waals surface area (Å²) in [4.78, 5) is 14.1. The van der Waals surface area contributed by atoms with Crippen LogP contribution in [0.1, 0.15) is 24.1 Å². The van der Waals surface area contributed by atoms with E-state index in [9.17, 15) is 10.1 Å². The van der Waals surface area contributed by atoms with Crippen molar-refractivity contribution in [2.24, 2.45) is 7.05 Å². The topological polar surface area (TPSA) is 96.8 Å². The molecule has 0 saturated carbocycles. The molecule has 0 fully saturated rings. The summed E-state index contributed by atoms with van der Waals surface area (Å²) in [5.41, 5.74) is 1.51. The van der Waals surface area contributed by atoms with Crippen molar-refractivity contribution in [2.75, 3.05) is 5.32 Å². The molecule has 1 unspecified atom stereocenters. The summed E-state index contributed by atoms with van der Waals surface area (Å²) in [6.45, 7) is 1.89. The third-order valence-corrected chi connectivity index (χ3v) is 2.98. The summed E-state index contributed by atoms with van der Waals surface area (Å²) in [6, 6.07) is 8.97. The number of aryl methyl sites for hydroxylation is 1.